The van der Waals surface area contributed by atoms with Crippen molar-refractivity contribution in [1.29, 1.82) is 0 Å². The second-order valence-corrected chi connectivity index (χ2v) is 13.3. The van der Waals surface area contributed by atoms with E-state index in [1.165, 1.54) is 11.3 Å². The minimum atomic E-state index is -0.774. The molecule has 50 heavy (non-hydrogen) atoms. The van der Waals surface area contributed by atoms with Gasteiger partial charge in [0.25, 0.3) is 5.56 Å². The lowest BCUT2D eigenvalue weighted by Crippen LogP contribution is -2.40. The minimum absolute atomic E-state index is 0.0649. The molecule has 0 unspecified atom stereocenters. The highest BCUT2D eigenvalue weighted by molar-refractivity contribution is 7.07. The zero-order chi connectivity index (χ0) is 35.5. The maximum absolute atomic E-state index is 14.3. The van der Waals surface area contributed by atoms with Crippen LogP contribution in [-0.4, -0.2) is 34.9 Å². The molecule has 0 spiro atoms. The molecule has 1 aliphatic rings. The Morgan fingerprint density at radius 2 is 1.72 bits per heavy atom. The van der Waals surface area contributed by atoms with Gasteiger partial charge in [0, 0.05) is 17.1 Å². The Kier molecular flexibility index (Phi) is 10.1. The largest absolute Gasteiger partial charge is 0.493 e. The summed E-state index contributed by atoms with van der Waals surface area (Å²) in [5, 5.41) is 0. The van der Waals surface area contributed by atoms with Crippen molar-refractivity contribution in [3.8, 4) is 22.9 Å². The van der Waals surface area contributed by atoms with Crippen LogP contribution >= 0.6 is 11.3 Å². The van der Waals surface area contributed by atoms with Crippen molar-refractivity contribution >= 4 is 23.4 Å². The fraction of sp³-hybridized carbons (Fsp3) is 0.275. The topological polar surface area (TPSA) is 93.3 Å². The van der Waals surface area contributed by atoms with Gasteiger partial charge in [0.2, 0.25) is 0 Å². The maximum atomic E-state index is 14.3. The van der Waals surface area contributed by atoms with Gasteiger partial charge in [-0.3, -0.25) is 9.36 Å². The SMILES string of the molecule is CCOC(=O)C1=C(C)N=c2s/c(=C/c3cc(C)n(-c4ccc(OCc5ccccc5)cc4)c3C)c(=O)n2[C@@H]1c1ccc(OC(C)C)c(OC)c1. The van der Waals surface area contributed by atoms with Crippen molar-refractivity contribution in [2.75, 3.05) is 13.7 Å². The Hall–Kier alpha value is -5.35. The number of rotatable bonds is 11. The van der Waals surface area contributed by atoms with E-state index in [2.05, 4.69) is 10.6 Å². The number of methoxy groups -OCH3 is 1. The number of esters is 1. The van der Waals surface area contributed by atoms with E-state index in [9.17, 15) is 9.59 Å². The van der Waals surface area contributed by atoms with Crippen LogP contribution in [0, 0.1) is 13.8 Å². The zero-order valence-electron chi connectivity index (χ0n) is 29.4. The number of ether oxygens (including phenoxy) is 4. The standard InChI is InChI=1S/C40H41N3O6S/c1-8-47-39(45)36-26(5)41-40-43(37(36)29-14-19-33(49-24(2)3)34(21-29)46-7)38(44)35(50-40)22-30-20-25(4)42(27(30)6)31-15-17-32(18-16-31)48-23-28-12-10-9-11-13-28/h9-22,24,37H,8,23H2,1-7H3/b35-22+/t37-/m1/s1. The average molecular weight is 692 g/mol. The van der Waals surface area contributed by atoms with E-state index in [-0.39, 0.29) is 18.3 Å². The second kappa shape index (κ2) is 14.6. The molecule has 6 rings (SSSR count). The summed E-state index contributed by atoms with van der Waals surface area (Å²) >= 11 is 1.29. The van der Waals surface area contributed by atoms with Crippen molar-refractivity contribution in [2.24, 2.45) is 4.99 Å². The summed E-state index contributed by atoms with van der Waals surface area (Å²) in [6.45, 7) is 12.2. The monoisotopic (exact) mass is 691 g/mol. The molecule has 0 radical (unpaired) electrons. The summed E-state index contributed by atoms with van der Waals surface area (Å²) in [4.78, 5) is 32.9. The van der Waals surface area contributed by atoms with Gasteiger partial charge in [0.1, 0.15) is 12.4 Å². The lowest BCUT2D eigenvalue weighted by Gasteiger charge is -2.25. The van der Waals surface area contributed by atoms with E-state index in [0.29, 0.717) is 44.3 Å². The Labute approximate surface area is 295 Å². The molecule has 1 atom stereocenters. The Morgan fingerprint density at radius 3 is 2.40 bits per heavy atom. The van der Waals surface area contributed by atoms with Gasteiger partial charge in [0.15, 0.2) is 16.3 Å². The first-order valence-electron chi connectivity index (χ1n) is 16.6. The highest BCUT2D eigenvalue weighted by Crippen LogP contribution is 2.36. The normalized spacial score (nSPS) is 14.4. The van der Waals surface area contributed by atoms with Gasteiger partial charge in [-0.05, 0) is 107 Å². The number of fused-ring (bicyclic) bond motifs is 1. The van der Waals surface area contributed by atoms with Gasteiger partial charge >= 0.3 is 5.97 Å². The number of aromatic nitrogens is 2. The molecule has 2 aromatic heterocycles. The van der Waals surface area contributed by atoms with E-state index >= 15 is 0 Å². The summed E-state index contributed by atoms with van der Waals surface area (Å²) in [6, 6.07) is 24.8. The molecule has 0 bridgehead atoms. The summed E-state index contributed by atoms with van der Waals surface area (Å²) in [7, 11) is 1.57. The smallest absolute Gasteiger partial charge is 0.338 e. The lowest BCUT2D eigenvalue weighted by molar-refractivity contribution is -0.139. The number of carbonyl (C=O) groups excluding carboxylic acids is 1. The maximum Gasteiger partial charge on any atom is 0.338 e. The van der Waals surface area contributed by atoms with E-state index in [1.54, 1.807) is 31.6 Å². The first-order valence-corrected chi connectivity index (χ1v) is 17.4. The average Bonchev–Trinajstić information content (AvgIpc) is 3.56. The molecule has 3 aromatic carbocycles. The lowest BCUT2D eigenvalue weighted by atomic mass is 9.95. The molecule has 0 amide bonds. The third-order valence-corrected chi connectivity index (χ3v) is 9.47. The van der Waals surface area contributed by atoms with Gasteiger partial charge in [-0.2, -0.15) is 0 Å². The molecule has 0 fully saturated rings. The molecule has 3 heterocycles. The number of thiazole rings is 1. The predicted octanol–water partition coefficient (Wildman–Crippen LogP) is 6.58. The van der Waals surface area contributed by atoms with Crippen molar-refractivity contribution in [1.82, 2.24) is 9.13 Å². The molecular weight excluding hydrogens is 651 g/mol. The van der Waals surface area contributed by atoms with Gasteiger partial charge in [-0.25, -0.2) is 9.79 Å². The summed E-state index contributed by atoms with van der Waals surface area (Å²) in [5.41, 5.74) is 6.24. The predicted molar refractivity (Wildman–Crippen MR) is 195 cm³/mol. The number of hydrogen-bond acceptors (Lipinski definition) is 8. The molecule has 0 saturated carbocycles. The number of hydrogen-bond donors (Lipinski definition) is 0. The van der Waals surface area contributed by atoms with Crippen LogP contribution in [0.3, 0.4) is 0 Å². The van der Waals surface area contributed by atoms with E-state index in [1.807, 2.05) is 101 Å². The second-order valence-electron chi connectivity index (χ2n) is 12.3. The van der Waals surface area contributed by atoms with Crippen molar-refractivity contribution in [3.05, 3.63) is 138 Å². The number of benzene rings is 3. The Morgan fingerprint density at radius 1 is 0.980 bits per heavy atom. The highest BCUT2D eigenvalue weighted by Gasteiger charge is 2.34. The molecule has 258 valence electrons. The number of nitrogens with zero attached hydrogens (tertiary/aromatic N) is 3. The third kappa shape index (κ3) is 6.89. The van der Waals surface area contributed by atoms with E-state index in [0.717, 1.165) is 34.0 Å². The Balaban J connectivity index is 1.38. The number of allylic oxidation sites excluding steroid dienone is 1. The molecule has 9 nitrogen and oxygen atoms in total. The van der Waals surface area contributed by atoms with Gasteiger partial charge < -0.3 is 23.5 Å². The number of carbonyl (C=O) groups is 1. The molecule has 10 heteroatoms. The first-order chi connectivity index (χ1) is 24.1. The summed E-state index contributed by atoms with van der Waals surface area (Å²) in [6.07, 6.45) is 1.84. The first kappa shape index (κ1) is 34.5. The van der Waals surface area contributed by atoms with Crippen LogP contribution in [0.25, 0.3) is 11.8 Å². The molecule has 1 aliphatic heterocycles. The van der Waals surface area contributed by atoms with Crippen LogP contribution in [0.4, 0.5) is 0 Å². The van der Waals surface area contributed by atoms with E-state index in [4.69, 9.17) is 23.9 Å². The van der Waals surface area contributed by atoms with Crippen LogP contribution in [0.15, 0.2) is 99.9 Å². The fourth-order valence-corrected chi connectivity index (χ4v) is 7.25. The molecular formula is C40H41N3O6S. The molecule has 5 aromatic rings. The fourth-order valence-electron chi connectivity index (χ4n) is 6.22. The van der Waals surface area contributed by atoms with Crippen LogP contribution in [0.2, 0.25) is 0 Å². The molecule has 0 aliphatic carbocycles. The Bertz CT molecular complexity index is 2240. The third-order valence-electron chi connectivity index (χ3n) is 8.48. The quantitative estimate of drug-likeness (QED) is 0.145. The van der Waals surface area contributed by atoms with Crippen molar-refractivity contribution in [3.63, 3.8) is 0 Å². The number of aryl methyl sites for hydroxylation is 1. The summed E-state index contributed by atoms with van der Waals surface area (Å²) in [5.74, 6) is 1.34. The van der Waals surface area contributed by atoms with Crippen molar-refractivity contribution < 1.29 is 23.7 Å². The summed E-state index contributed by atoms with van der Waals surface area (Å²) < 4.78 is 27.3. The van der Waals surface area contributed by atoms with Crippen molar-refractivity contribution in [2.45, 2.75) is 60.3 Å². The highest BCUT2D eigenvalue weighted by atomic mass is 32.1. The van der Waals surface area contributed by atoms with Gasteiger partial charge in [-0.1, -0.05) is 47.7 Å². The van der Waals surface area contributed by atoms with Crippen LogP contribution in [-0.2, 0) is 16.1 Å². The van der Waals surface area contributed by atoms with Crippen LogP contribution < -0.4 is 29.1 Å². The van der Waals surface area contributed by atoms with Crippen LogP contribution in [0.1, 0.15) is 61.8 Å². The molecule has 0 N–H and O–H groups in total. The van der Waals surface area contributed by atoms with E-state index < -0.39 is 12.0 Å². The molecule has 0 saturated heterocycles. The zero-order valence-corrected chi connectivity index (χ0v) is 30.2. The van der Waals surface area contributed by atoms with Gasteiger partial charge in [0.05, 0.1) is 41.7 Å². The minimum Gasteiger partial charge on any atom is -0.493 e. The van der Waals surface area contributed by atoms with Gasteiger partial charge in [-0.15, -0.1) is 0 Å². The van der Waals surface area contributed by atoms with Crippen LogP contribution in [0.5, 0.6) is 17.2 Å².